The van der Waals surface area contributed by atoms with Crippen LogP contribution in [0, 0.1) is 0 Å². The maximum atomic E-state index is 13.0. The molecule has 11 heteroatoms. The van der Waals surface area contributed by atoms with Crippen molar-refractivity contribution in [2.45, 2.75) is 38.8 Å². The van der Waals surface area contributed by atoms with Gasteiger partial charge < -0.3 is 14.6 Å². The zero-order valence-corrected chi connectivity index (χ0v) is 17.2. The summed E-state index contributed by atoms with van der Waals surface area (Å²) in [5, 5.41) is 10.7. The Hall–Kier alpha value is -3.37. The minimum absolute atomic E-state index is 0.0280. The number of carbonyl (C=O) groups excluding carboxylic acids is 1. The molecule has 0 spiro atoms. The first-order valence-corrected chi connectivity index (χ1v) is 9.61. The summed E-state index contributed by atoms with van der Waals surface area (Å²) >= 11 is 0. The maximum absolute atomic E-state index is 13.0. The normalized spacial score (nSPS) is 11.7. The second-order valence-electron chi connectivity index (χ2n) is 7.10. The van der Waals surface area contributed by atoms with Crippen molar-refractivity contribution in [3.8, 4) is 11.4 Å². The summed E-state index contributed by atoms with van der Waals surface area (Å²) in [7, 11) is 1.35. The van der Waals surface area contributed by atoms with E-state index in [2.05, 4.69) is 20.6 Å². The van der Waals surface area contributed by atoms with Gasteiger partial charge in [0, 0.05) is 18.9 Å². The Morgan fingerprint density at radius 1 is 1.32 bits per heavy atom. The third kappa shape index (κ3) is 5.41. The molecule has 3 aromatic rings. The van der Waals surface area contributed by atoms with Gasteiger partial charge in [-0.05, 0) is 24.6 Å². The third-order valence-electron chi connectivity index (χ3n) is 4.41. The van der Waals surface area contributed by atoms with Crippen molar-refractivity contribution in [3.05, 3.63) is 53.4 Å². The molecule has 0 aliphatic rings. The van der Waals surface area contributed by atoms with Crippen molar-refractivity contribution in [1.82, 2.24) is 25.2 Å². The highest BCUT2D eigenvalue weighted by Crippen LogP contribution is 2.30. The predicted molar refractivity (Wildman–Crippen MR) is 104 cm³/mol. The number of aromatic nitrogens is 4. The minimum atomic E-state index is -4.48. The molecule has 8 nitrogen and oxygen atoms in total. The van der Waals surface area contributed by atoms with E-state index < -0.39 is 17.6 Å². The van der Waals surface area contributed by atoms with Gasteiger partial charge in [0.05, 0.1) is 24.6 Å². The molecule has 166 valence electrons. The van der Waals surface area contributed by atoms with Crippen LogP contribution in [-0.4, -0.2) is 39.5 Å². The number of hydrogen-bond donors (Lipinski definition) is 1. The molecule has 1 aromatic carbocycles. The fourth-order valence-corrected chi connectivity index (χ4v) is 2.75. The van der Waals surface area contributed by atoms with E-state index in [1.54, 1.807) is 0 Å². The molecule has 0 unspecified atom stereocenters. The van der Waals surface area contributed by atoms with Crippen LogP contribution in [0.5, 0.6) is 5.75 Å². The van der Waals surface area contributed by atoms with Gasteiger partial charge in [0.2, 0.25) is 5.89 Å². The van der Waals surface area contributed by atoms with Crippen LogP contribution in [0.15, 0.2) is 35.0 Å². The van der Waals surface area contributed by atoms with Crippen LogP contribution < -0.4 is 10.1 Å². The summed E-state index contributed by atoms with van der Waals surface area (Å²) in [5.41, 5.74) is -0.684. The lowest BCUT2D eigenvalue weighted by Crippen LogP contribution is -2.25. The smallest absolute Gasteiger partial charge is 0.416 e. The van der Waals surface area contributed by atoms with E-state index in [1.165, 1.54) is 30.1 Å². The first kappa shape index (κ1) is 22.3. The van der Waals surface area contributed by atoms with Gasteiger partial charge in [-0.2, -0.15) is 23.3 Å². The molecule has 31 heavy (non-hydrogen) atoms. The quantitative estimate of drug-likeness (QED) is 0.539. The van der Waals surface area contributed by atoms with Crippen LogP contribution in [0.25, 0.3) is 5.69 Å². The average molecular weight is 437 g/mol. The predicted octanol–water partition coefficient (Wildman–Crippen LogP) is 3.77. The molecule has 0 atom stereocenters. The first-order chi connectivity index (χ1) is 14.7. The molecule has 1 amide bonds. The number of alkyl halides is 3. The second kappa shape index (κ2) is 9.19. The van der Waals surface area contributed by atoms with Crippen molar-refractivity contribution in [3.63, 3.8) is 0 Å². The van der Waals surface area contributed by atoms with Crippen LogP contribution in [0.1, 0.15) is 54.0 Å². The Morgan fingerprint density at radius 2 is 2.10 bits per heavy atom. The van der Waals surface area contributed by atoms with E-state index in [9.17, 15) is 18.0 Å². The van der Waals surface area contributed by atoms with Crippen LogP contribution in [-0.2, 0) is 12.6 Å². The van der Waals surface area contributed by atoms with Crippen LogP contribution in [0.3, 0.4) is 0 Å². The highest BCUT2D eigenvalue weighted by atomic mass is 19.4. The number of ether oxygens (including phenoxy) is 1. The summed E-state index contributed by atoms with van der Waals surface area (Å²) in [6.45, 7) is 4.24. The number of nitrogens with one attached hydrogen (secondary N) is 1. The molecule has 3 rings (SSSR count). The van der Waals surface area contributed by atoms with Crippen molar-refractivity contribution in [2.24, 2.45) is 0 Å². The largest absolute Gasteiger partial charge is 0.493 e. The molecule has 0 fully saturated rings. The van der Waals surface area contributed by atoms with Gasteiger partial charge in [-0.1, -0.05) is 25.1 Å². The van der Waals surface area contributed by atoms with Gasteiger partial charge in [0.1, 0.15) is 0 Å². The number of rotatable bonds is 8. The number of halogens is 3. The number of hydrogen-bond acceptors (Lipinski definition) is 6. The first-order valence-electron chi connectivity index (χ1n) is 9.61. The zero-order valence-electron chi connectivity index (χ0n) is 17.2. The molecule has 0 bridgehead atoms. The van der Waals surface area contributed by atoms with Crippen molar-refractivity contribution in [2.75, 3.05) is 13.7 Å². The fourth-order valence-electron chi connectivity index (χ4n) is 2.75. The highest BCUT2D eigenvalue weighted by molar-refractivity contribution is 5.94. The van der Waals surface area contributed by atoms with Gasteiger partial charge in [-0.25, -0.2) is 4.68 Å². The van der Waals surface area contributed by atoms with Crippen LogP contribution in [0.4, 0.5) is 13.2 Å². The molecule has 0 saturated carbocycles. The number of benzene rings is 1. The molecular weight excluding hydrogens is 415 g/mol. The van der Waals surface area contributed by atoms with Crippen molar-refractivity contribution in [1.29, 1.82) is 0 Å². The molecular formula is C20H22F3N5O3. The Labute approximate surface area is 176 Å². The molecule has 2 aromatic heterocycles. The minimum Gasteiger partial charge on any atom is -0.493 e. The second-order valence-corrected chi connectivity index (χ2v) is 7.10. The van der Waals surface area contributed by atoms with Crippen LogP contribution >= 0.6 is 0 Å². The topological polar surface area (TPSA) is 95.1 Å². The van der Waals surface area contributed by atoms with E-state index >= 15 is 0 Å². The van der Waals surface area contributed by atoms with Crippen molar-refractivity contribution < 1.29 is 27.2 Å². The lowest BCUT2D eigenvalue weighted by molar-refractivity contribution is -0.137. The summed E-state index contributed by atoms with van der Waals surface area (Å²) < 4.78 is 50.4. The number of methoxy groups -OCH3 is 1. The van der Waals surface area contributed by atoms with Crippen molar-refractivity contribution >= 4 is 5.91 Å². The zero-order chi connectivity index (χ0) is 22.6. The molecule has 2 heterocycles. The molecule has 0 radical (unpaired) electrons. The van der Waals surface area contributed by atoms with E-state index in [-0.39, 0.29) is 23.0 Å². The SMILES string of the molecule is COc1cn(-c2cccc(C(F)(F)F)c2)nc1C(=O)NCCCc1nc(C(C)C)no1. The number of aryl methyl sites for hydroxylation is 1. The monoisotopic (exact) mass is 437 g/mol. The summed E-state index contributed by atoms with van der Waals surface area (Å²) in [5.74, 6) is 0.925. The van der Waals surface area contributed by atoms with E-state index in [0.29, 0.717) is 31.1 Å². The molecule has 0 aliphatic carbocycles. The van der Waals surface area contributed by atoms with Gasteiger partial charge in [0.15, 0.2) is 17.3 Å². The maximum Gasteiger partial charge on any atom is 0.416 e. The fraction of sp³-hybridized carbons (Fsp3) is 0.400. The number of carbonyl (C=O) groups is 1. The summed E-state index contributed by atoms with van der Waals surface area (Å²) in [6.07, 6.45) is -2.07. The molecule has 0 aliphatic heterocycles. The molecule has 0 saturated heterocycles. The Morgan fingerprint density at radius 3 is 2.74 bits per heavy atom. The average Bonchev–Trinajstić information content (AvgIpc) is 3.38. The lowest BCUT2D eigenvalue weighted by atomic mass is 10.2. The number of amides is 1. The third-order valence-corrected chi connectivity index (χ3v) is 4.41. The highest BCUT2D eigenvalue weighted by Gasteiger charge is 2.30. The van der Waals surface area contributed by atoms with E-state index in [4.69, 9.17) is 9.26 Å². The standard InChI is InChI=1S/C20H22F3N5O3/c1-12(2)18-25-16(31-27-18)8-5-9-24-19(29)17-15(30-3)11-28(26-17)14-7-4-6-13(10-14)20(21,22)23/h4,6-7,10-12H,5,8-9H2,1-3H3,(H,24,29). The van der Waals surface area contributed by atoms with E-state index in [1.807, 2.05) is 13.8 Å². The summed E-state index contributed by atoms with van der Waals surface area (Å²) in [6, 6.07) is 4.64. The van der Waals surface area contributed by atoms with Gasteiger partial charge in [0.25, 0.3) is 5.91 Å². The van der Waals surface area contributed by atoms with Gasteiger partial charge in [-0.3, -0.25) is 4.79 Å². The Bertz CT molecular complexity index is 1040. The summed E-state index contributed by atoms with van der Waals surface area (Å²) in [4.78, 5) is 16.8. The Balaban J connectivity index is 1.64. The molecule has 1 N–H and O–H groups in total. The van der Waals surface area contributed by atoms with Gasteiger partial charge in [-0.15, -0.1) is 0 Å². The lowest BCUT2D eigenvalue weighted by Gasteiger charge is -2.08. The number of nitrogens with zero attached hydrogens (tertiary/aromatic N) is 4. The van der Waals surface area contributed by atoms with Gasteiger partial charge >= 0.3 is 6.18 Å². The van der Waals surface area contributed by atoms with Crippen LogP contribution in [0.2, 0.25) is 0 Å². The van der Waals surface area contributed by atoms with E-state index in [0.717, 1.165) is 12.1 Å². The Kier molecular flexibility index (Phi) is 6.62.